The van der Waals surface area contributed by atoms with Gasteiger partial charge in [-0.1, -0.05) is 6.92 Å². The molecule has 0 spiro atoms. The van der Waals surface area contributed by atoms with Crippen molar-refractivity contribution in [2.75, 3.05) is 20.3 Å². The van der Waals surface area contributed by atoms with E-state index in [-0.39, 0.29) is 30.8 Å². The molecular weight excluding hydrogens is 258 g/mol. The maximum atomic E-state index is 12.2. The van der Waals surface area contributed by atoms with Crippen molar-refractivity contribution in [2.45, 2.75) is 65.5 Å². The van der Waals surface area contributed by atoms with Crippen LogP contribution in [0.5, 0.6) is 0 Å². The number of hydrogen-bond acceptors (Lipinski definition) is 4. The number of esters is 1. The molecule has 0 heterocycles. The van der Waals surface area contributed by atoms with Crippen molar-refractivity contribution in [3.05, 3.63) is 0 Å². The maximum Gasteiger partial charge on any atom is 0.306 e. The highest BCUT2D eigenvalue weighted by Gasteiger charge is 2.21. The monoisotopic (exact) mass is 287 g/mol. The van der Waals surface area contributed by atoms with Crippen molar-refractivity contribution in [3.8, 4) is 0 Å². The standard InChI is InChI=1S/C15H29NO4/c1-7-12(2)16(10-11-19-6)13(17)8-9-14(18)20-15(3,4)5/h12H,7-11H2,1-6H3. The Hall–Kier alpha value is -1.10. The van der Waals surface area contributed by atoms with E-state index in [0.29, 0.717) is 13.2 Å². The van der Waals surface area contributed by atoms with Crippen LogP contribution in [0.25, 0.3) is 0 Å². The predicted molar refractivity (Wildman–Crippen MR) is 78.4 cm³/mol. The van der Waals surface area contributed by atoms with Crippen LogP contribution in [0.3, 0.4) is 0 Å². The van der Waals surface area contributed by atoms with Crippen molar-refractivity contribution in [2.24, 2.45) is 0 Å². The van der Waals surface area contributed by atoms with E-state index >= 15 is 0 Å². The van der Waals surface area contributed by atoms with Gasteiger partial charge in [0.2, 0.25) is 5.91 Å². The summed E-state index contributed by atoms with van der Waals surface area (Å²) in [6, 6.07) is 0.149. The van der Waals surface area contributed by atoms with E-state index in [4.69, 9.17) is 9.47 Å². The molecule has 0 saturated carbocycles. The lowest BCUT2D eigenvalue weighted by atomic mass is 10.1. The molecule has 5 nitrogen and oxygen atoms in total. The second-order valence-electron chi connectivity index (χ2n) is 5.92. The first kappa shape index (κ1) is 18.9. The third-order valence-corrected chi connectivity index (χ3v) is 2.94. The van der Waals surface area contributed by atoms with Crippen molar-refractivity contribution in [1.29, 1.82) is 0 Å². The summed E-state index contributed by atoms with van der Waals surface area (Å²) in [5, 5.41) is 0. The average molecular weight is 287 g/mol. The van der Waals surface area contributed by atoms with E-state index in [2.05, 4.69) is 0 Å². The normalized spacial score (nSPS) is 12.9. The molecule has 0 aromatic heterocycles. The number of carbonyl (C=O) groups excluding carboxylic acids is 2. The molecule has 1 unspecified atom stereocenters. The van der Waals surface area contributed by atoms with E-state index in [1.54, 1.807) is 12.0 Å². The first-order valence-corrected chi connectivity index (χ1v) is 7.21. The first-order valence-electron chi connectivity index (χ1n) is 7.21. The zero-order chi connectivity index (χ0) is 15.8. The van der Waals surface area contributed by atoms with Crippen molar-refractivity contribution in [3.63, 3.8) is 0 Å². The van der Waals surface area contributed by atoms with E-state index in [0.717, 1.165) is 6.42 Å². The van der Waals surface area contributed by atoms with Crippen LogP contribution in [0.15, 0.2) is 0 Å². The molecule has 20 heavy (non-hydrogen) atoms. The molecule has 0 aromatic carbocycles. The lowest BCUT2D eigenvalue weighted by molar-refractivity contribution is -0.156. The highest BCUT2D eigenvalue weighted by Crippen LogP contribution is 2.11. The van der Waals surface area contributed by atoms with Gasteiger partial charge >= 0.3 is 5.97 Å². The number of ether oxygens (including phenoxy) is 2. The number of methoxy groups -OCH3 is 1. The lowest BCUT2D eigenvalue weighted by Crippen LogP contribution is -2.40. The van der Waals surface area contributed by atoms with E-state index in [9.17, 15) is 9.59 Å². The summed E-state index contributed by atoms with van der Waals surface area (Å²) in [5.41, 5.74) is -0.507. The minimum atomic E-state index is -0.507. The molecular formula is C15H29NO4. The number of rotatable bonds is 8. The third-order valence-electron chi connectivity index (χ3n) is 2.94. The Labute approximate surface area is 122 Å². The molecule has 0 aliphatic carbocycles. The topological polar surface area (TPSA) is 55.8 Å². The zero-order valence-electron chi connectivity index (χ0n) is 13.7. The fraction of sp³-hybridized carbons (Fsp3) is 0.867. The second kappa shape index (κ2) is 8.95. The molecule has 0 N–H and O–H groups in total. The maximum absolute atomic E-state index is 12.2. The molecule has 1 atom stereocenters. The summed E-state index contributed by atoms with van der Waals surface area (Å²) < 4.78 is 10.2. The fourth-order valence-electron chi connectivity index (χ4n) is 1.75. The summed E-state index contributed by atoms with van der Waals surface area (Å²) in [6.45, 7) is 10.5. The van der Waals surface area contributed by atoms with Gasteiger partial charge in [-0.25, -0.2) is 0 Å². The number of nitrogens with zero attached hydrogens (tertiary/aromatic N) is 1. The molecule has 0 rings (SSSR count). The number of hydrogen-bond donors (Lipinski definition) is 0. The Bertz CT molecular complexity index is 309. The number of carbonyl (C=O) groups is 2. The Morgan fingerprint density at radius 1 is 1.20 bits per heavy atom. The van der Waals surface area contributed by atoms with Crippen LogP contribution < -0.4 is 0 Å². The molecule has 0 bridgehead atoms. The molecule has 0 aliphatic heterocycles. The van der Waals surface area contributed by atoms with E-state index in [1.807, 2.05) is 34.6 Å². The Balaban J connectivity index is 4.35. The summed E-state index contributed by atoms with van der Waals surface area (Å²) in [4.78, 5) is 25.6. The smallest absolute Gasteiger partial charge is 0.306 e. The molecule has 1 amide bonds. The minimum Gasteiger partial charge on any atom is -0.460 e. The zero-order valence-corrected chi connectivity index (χ0v) is 13.7. The van der Waals surface area contributed by atoms with Crippen LogP contribution in [-0.2, 0) is 19.1 Å². The van der Waals surface area contributed by atoms with Gasteiger partial charge in [-0.3, -0.25) is 9.59 Å². The van der Waals surface area contributed by atoms with Crippen LogP contribution in [0.4, 0.5) is 0 Å². The molecule has 0 saturated heterocycles. The van der Waals surface area contributed by atoms with Gasteiger partial charge in [0.15, 0.2) is 0 Å². The lowest BCUT2D eigenvalue weighted by Gasteiger charge is -2.28. The van der Waals surface area contributed by atoms with Crippen LogP contribution in [0.1, 0.15) is 53.9 Å². The minimum absolute atomic E-state index is 0.0257. The summed E-state index contributed by atoms with van der Waals surface area (Å²) in [6.07, 6.45) is 1.18. The van der Waals surface area contributed by atoms with Gasteiger partial charge in [-0.15, -0.1) is 0 Å². The summed E-state index contributed by atoms with van der Waals surface area (Å²) >= 11 is 0. The molecule has 118 valence electrons. The molecule has 0 fully saturated rings. The highest BCUT2D eigenvalue weighted by molar-refractivity contribution is 5.81. The fourth-order valence-corrected chi connectivity index (χ4v) is 1.75. The van der Waals surface area contributed by atoms with Gasteiger partial charge in [0.25, 0.3) is 0 Å². The molecule has 0 aliphatic rings. The van der Waals surface area contributed by atoms with Gasteiger partial charge in [0.1, 0.15) is 5.60 Å². The first-order chi connectivity index (χ1) is 9.21. The summed E-state index contributed by atoms with van der Waals surface area (Å²) in [5.74, 6) is -0.357. The molecule has 5 heteroatoms. The van der Waals surface area contributed by atoms with Crippen LogP contribution in [0, 0.1) is 0 Å². The van der Waals surface area contributed by atoms with Gasteiger partial charge in [0.05, 0.1) is 13.0 Å². The van der Waals surface area contributed by atoms with Gasteiger partial charge in [-0.05, 0) is 34.1 Å². The van der Waals surface area contributed by atoms with E-state index < -0.39 is 5.60 Å². The highest BCUT2D eigenvalue weighted by atomic mass is 16.6. The quantitative estimate of drug-likeness (QED) is 0.643. The van der Waals surface area contributed by atoms with Crippen LogP contribution >= 0.6 is 0 Å². The SMILES string of the molecule is CCC(C)N(CCOC)C(=O)CCC(=O)OC(C)(C)C. The summed E-state index contributed by atoms with van der Waals surface area (Å²) in [7, 11) is 1.61. The third kappa shape index (κ3) is 8.15. The Morgan fingerprint density at radius 3 is 2.25 bits per heavy atom. The van der Waals surface area contributed by atoms with Gasteiger partial charge < -0.3 is 14.4 Å². The second-order valence-corrected chi connectivity index (χ2v) is 5.92. The number of amides is 1. The average Bonchev–Trinajstić information content (AvgIpc) is 2.34. The van der Waals surface area contributed by atoms with E-state index in [1.165, 1.54) is 0 Å². The van der Waals surface area contributed by atoms with Crippen molar-refractivity contribution >= 4 is 11.9 Å². The van der Waals surface area contributed by atoms with Gasteiger partial charge in [-0.2, -0.15) is 0 Å². The van der Waals surface area contributed by atoms with Crippen molar-refractivity contribution < 1.29 is 19.1 Å². The predicted octanol–water partition coefficient (Wildman–Crippen LogP) is 2.38. The van der Waals surface area contributed by atoms with Crippen molar-refractivity contribution in [1.82, 2.24) is 4.90 Å². The van der Waals surface area contributed by atoms with Crippen LogP contribution in [-0.4, -0.2) is 48.7 Å². The largest absolute Gasteiger partial charge is 0.460 e. The molecule has 0 aromatic rings. The van der Waals surface area contributed by atoms with Gasteiger partial charge in [0, 0.05) is 26.1 Å². The Kier molecular flexibility index (Phi) is 8.46. The van der Waals surface area contributed by atoms with Crippen LogP contribution in [0.2, 0.25) is 0 Å². The Morgan fingerprint density at radius 2 is 1.80 bits per heavy atom. The molecule has 0 radical (unpaired) electrons.